The highest BCUT2D eigenvalue weighted by Gasteiger charge is 2.18. The third-order valence-corrected chi connectivity index (χ3v) is 4.45. The van der Waals surface area contributed by atoms with Gasteiger partial charge < -0.3 is 15.4 Å². The fraction of sp³-hybridized carbons (Fsp3) is 0.625. The van der Waals surface area contributed by atoms with Crippen LogP contribution in [0.3, 0.4) is 0 Å². The van der Waals surface area contributed by atoms with Crippen molar-refractivity contribution in [3.05, 3.63) is 24.3 Å². The smallest absolute Gasteiger partial charge is 0.119 e. The van der Waals surface area contributed by atoms with Crippen LogP contribution in [-0.4, -0.2) is 25.7 Å². The van der Waals surface area contributed by atoms with E-state index in [4.69, 9.17) is 10.5 Å². The van der Waals surface area contributed by atoms with E-state index < -0.39 is 0 Å². The van der Waals surface area contributed by atoms with E-state index in [2.05, 4.69) is 29.2 Å². The van der Waals surface area contributed by atoms with Crippen LogP contribution in [0.15, 0.2) is 24.3 Å². The summed E-state index contributed by atoms with van der Waals surface area (Å²) in [5.74, 6) is 1.80. The number of hydrogen-bond donors (Lipinski definition) is 1. The fourth-order valence-electron chi connectivity index (χ4n) is 2.78. The van der Waals surface area contributed by atoms with E-state index in [1.807, 2.05) is 0 Å². The van der Waals surface area contributed by atoms with Crippen LogP contribution in [-0.2, 0) is 0 Å². The van der Waals surface area contributed by atoms with Gasteiger partial charge >= 0.3 is 0 Å². The van der Waals surface area contributed by atoms with E-state index in [9.17, 15) is 0 Å². The van der Waals surface area contributed by atoms with Crippen molar-refractivity contribution in [3.63, 3.8) is 0 Å². The summed E-state index contributed by atoms with van der Waals surface area (Å²) in [7, 11) is 0. The van der Waals surface area contributed by atoms with Crippen LogP contribution in [0.5, 0.6) is 5.75 Å². The first-order valence-electron chi connectivity index (χ1n) is 7.54. The Labute approximate surface area is 115 Å². The molecule has 1 aromatic carbocycles. The zero-order chi connectivity index (χ0) is 13.1. The molecule has 3 rings (SSSR count). The van der Waals surface area contributed by atoms with Gasteiger partial charge in [0.1, 0.15) is 5.75 Å². The lowest BCUT2D eigenvalue weighted by Gasteiger charge is -2.32. The maximum atomic E-state index is 5.94. The molecule has 0 aromatic heterocycles. The van der Waals surface area contributed by atoms with Crippen LogP contribution in [0.2, 0.25) is 0 Å². The number of hydrogen-bond acceptors (Lipinski definition) is 3. The highest BCUT2D eigenvalue weighted by atomic mass is 16.5. The van der Waals surface area contributed by atoms with E-state index >= 15 is 0 Å². The van der Waals surface area contributed by atoms with Crippen molar-refractivity contribution in [3.8, 4) is 5.75 Å². The number of ether oxygens (including phenoxy) is 1. The minimum absolute atomic E-state index is 0.390. The molecule has 1 saturated heterocycles. The first-order valence-corrected chi connectivity index (χ1v) is 7.54. The molecule has 0 atom stereocenters. The molecule has 19 heavy (non-hydrogen) atoms. The third kappa shape index (κ3) is 3.21. The largest absolute Gasteiger partial charge is 0.493 e. The van der Waals surface area contributed by atoms with Gasteiger partial charge in [-0.15, -0.1) is 0 Å². The zero-order valence-electron chi connectivity index (χ0n) is 11.6. The molecule has 3 nitrogen and oxygen atoms in total. The Bertz CT molecular complexity index is 392. The monoisotopic (exact) mass is 260 g/mol. The molecule has 0 radical (unpaired) electrons. The highest BCUT2D eigenvalue weighted by molar-refractivity contribution is 5.49. The molecule has 1 aliphatic carbocycles. The Morgan fingerprint density at radius 3 is 2.32 bits per heavy atom. The van der Waals surface area contributed by atoms with Gasteiger partial charge in [0.25, 0.3) is 0 Å². The lowest BCUT2D eigenvalue weighted by atomic mass is 9.86. The molecule has 0 spiro atoms. The van der Waals surface area contributed by atoms with Gasteiger partial charge in [-0.1, -0.05) is 6.42 Å². The first-order chi connectivity index (χ1) is 9.31. The lowest BCUT2D eigenvalue weighted by Crippen LogP contribution is -2.39. The average Bonchev–Trinajstić information content (AvgIpc) is 2.39. The second kappa shape index (κ2) is 5.83. The molecule has 2 fully saturated rings. The summed E-state index contributed by atoms with van der Waals surface area (Å²) in [6, 6.07) is 8.94. The number of nitrogens with zero attached hydrogens (tertiary/aromatic N) is 1. The number of piperidine rings is 1. The normalized spacial score (nSPS) is 21.2. The van der Waals surface area contributed by atoms with Gasteiger partial charge in [0, 0.05) is 24.8 Å². The molecule has 2 N–H and O–H groups in total. The average molecular weight is 260 g/mol. The zero-order valence-corrected chi connectivity index (χ0v) is 11.6. The Kier molecular flexibility index (Phi) is 3.92. The molecule has 1 saturated carbocycles. The van der Waals surface area contributed by atoms with Crippen molar-refractivity contribution in [2.24, 2.45) is 11.7 Å². The van der Waals surface area contributed by atoms with Gasteiger partial charge in [0.05, 0.1) is 6.61 Å². The van der Waals surface area contributed by atoms with E-state index in [0.717, 1.165) is 44.2 Å². The van der Waals surface area contributed by atoms with Crippen molar-refractivity contribution >= 4 is 5.69 Å². The topological polar surface area (TPSA) is 38.5 Å². The van der Waals surface area contributed by atoms with Gasteiger partial charge in [0.15, 0.2) is 0 Å². The number of rotatable bonds is 4. The van der Waals surface area contributed by atoms with Crippen molar-refractivity contribution in [1.29, 1.82) is 0 Å². The summed E-state index contributed by atoms with van der Waals surface area (Å²) in [5.41, 5.74) is 7.23. The van der Waals surface area contributed by atoms with Crippen LogP contribution >= 0.6 is 0 Å². The van der Waals surface area contributed by atoms with Crippen LogP contribution in [0.25, 0.3) is 0 Å². The first kappa shape index (κ1) is 12.8. The van der Waals surface area contributed by atoms with E-state index in [-0.39, 0.29) is 0 Å². The summed E-state index contributed by atoms with van der Waals surface area (Å²) in [4.78, 5) is 2.42. The fourth-order valence-corrected chi connectivity index (χ4v) is 2.78. The molecule has 0 unspecified atom stereocenters. The minimum atomic E-state index is 0.390. The summed E-state index contributed by atoms with van der Waals surface area (Å²) in [5, 5.41) is 0. The number of nitrogens with two attached hydrogens (primary N) is 1. The van der Waals surface area contributed by atoms with Crippen LogP contribution < -0.4 is 15.4 Å². The summed E-state index contributed by atoms with van der Waals surface area (Å²) in [6.07, 6.45) is 6.25. The molecule has 2 aliphatic rings. The summed E-state index contributed by atoms with van der Waals surface area (Å²) in [6.45, 7) is 3.03. The quantitative estimate of drug-likeness (QED) is 0.904. The highest BCUT2D eigenvalue weighted by Crippen LogP contribution is 2.28. The second-order valence-electron chi connectivity index (χ2n) is 5.93. The Balaban J connectivity index is 1.52. The Morgan fingerprint density at radius 2 is 1.74 bits per heavy atom. The summed E-state index contributed by atoms with van der Waals surface area (Å²) >= 11 is 0. The molecule has 1 aromatic rings. The second-order valence-corrected chi connectivity index (χ2v) is 5.93. The van der Waals surface area contributed by atoms with Crippen LogP contribution in [0.1, 0.15) is 32.1 Å². The maximum absolute atomic E-state index is 5.94. The van der Waals surface area contributed by atoms with E-state index in [1.54, 1.807) is 0 Å². The number of benzene rings is 1. The molecule has 104 valence electrons. The molecule has 3 heteroatoms. The van der Waals surface area contributed by atoms with Gasteiger partial charge in [0.2, 0.25) is 0 Å². The van der Waals surface area contributed by atoms with Crippen LogP contribution in [0, 0.1) is 5.92 Å². The predicted molar refractivity (Wildman–Crippen MR) is 78.7 cm³/mol. The van der Waals surface area contributed by atoms with E-state index in [1.165, 1.54) is 24.9 Å². The van der Waals surface area contributed by atoms with Crippen LogP contribution in [0.4, 0.5) is 5.69 Å². The van der Waals surface area contributed by atoms with Crippen molar-refractivity contribution in [2.75, 3.05) is 24.6 Å². The Hall–Kier alpha value is -1.22. The van der Waals surface area contributed by atoms with Gasteiger partial charge in [-0.3, -0.25) is 0 Å². The van der Waals surface area contributed by atoms with Gasteiger partial charge in [-0.2, -0.15) is 0 Å². The van der Waals surface area contributed by atoms with Crippen molar-refractivity contribution in [1.82, 2.24) is 0 Å². The molecule has 1 aliphatic heterocycles. The van der Waals surface area contributed by atoms with E-state index in [0.29, 0.717) is 6.04 Å². The SMILES string of the molecule is NC1CCN(c2ccc(OCC3CCC3)cc2)CC1. The molecule has 0 amide bonds. The molecule has 1 heterocycles. The molecule has 0 bridgehead atoms. The third-order valence-electron chi connectivity index (χ3n) is 4.45. The molecular weight excluding hydrogens is 236 g/mol. The minimum Gasteiger partial charge on any atom is -0.493 e. The Morgan fingerprint density at radius 1 is 1.05 bits per heavy atom. The standard InChI is InChI=1S/C16H24N2O/c17-14-8-10-18(11-9-14)15-4-6-16(7-5-15)19-12-13-2-1-3-13/h4-7,13-14H,1-3,8-12,17H2. The maximum Gasteiger partial charge on any atom is 0.119 e. The predicted octanol–water partition coefficient (Wildman–Crippen LogP) is 2.79. The van der Waals surface area contributed by atoms with Gasteiger partial charge in [-0.25, -0.2) is 0 Å². The molecular formula is C16H24N2O. The lowest BCUT2D eigenvalue weighted by molar-refractivity contribution is 0.180. The van der Waals surface area contributed by atoms with Crippen molar-refractivity contribution in [2.45, 2.75) is 38.1 Å². The number of anilines is 1. The van der Waals surface area contributed by atoms with Gasteiger partial charge in [-0.05, 0) is 55.9 Å². The summed E-state index contributed by atoms with van der Waals surface area (Å²) < 4.78 is 5.83. The van der Waals surface area contributed by atoms with Crippen molar-refractivity contribution < 1.29 is 4.74 Å².